The van der Waals surface area contributed by atoms with Gasteiger partial charge in [-0.1, -0.05) is 26.0 Å². The Hall–Kier alpha value is -0.960. The van der Waals surface area contributed by atoms with Gasteiger partial charge in [0.15, 0.2) is 5.96 Å². The number of aliphatic imine (C=N–C) groups is 1. The summed E-state index contributed by atoms with van der Waals surface area (Å²) in [4.78, 5) is 19.0. The van der Waals surface area contributed by atoms with Gasteiger partial charge in [-0.15, -0.1) is 24.0 Å². The van der Waals surface area contributed by atoms with Crippen LogP contribution in [0.2, 0.25) is 0 Å². The lowest BCUT2D eigenvalue weighted by Crippen LogP contribution is -2.49. The normalized spacial score (nSPS) is 17.7. The topological polar surface area (TPSA) is 56.7 Å². The first-order chi connectivity index (χ1) is 12.0. The Morgan fingerprint density at radius 2 is 2.19 bits per heavy atom. The molecule has 5 nitrogen and oxygen atoms in total. The highest BCUT2D eigenvalue weighted by molar-refractivity contribution is 14.0. The van der Waals surface area contributed by atoms with E-state index in [1.807, 2.05) is 24.3 Å². The highest BCUT2D eigenvalue weighted by atomic mass is 127. The molecule has 0 spiro atoms. The van der Waals surface area contributed by atoms with E-state index in [4.69, 9.17) is 4.99 Å². The average molecular weight is 490 g/mol. The van der Waals surface area contributed by atoms with Crippen molar-refractivity contribution in [2.24, 2.45) is 10.9 Å². The van der Waals surface area contributed by atoms with Crippen LogP contribution in [0.1, 0.15) is 36.7 Å². The van der Waals surface area contributed by atoms with E-state index >= 15 is 0 Å². The molecule has 1 aromatic carbocycles. The molecule has 0 saturated carbocycles. The summed E-state index contributed by atoms with van der Waals surface area (Å²) < 4.78 is 0. The molecule has 1 unspecified atom stereocenters. The third-order valence-electron chi connectivity index (χ3n) is 4.30. The second-order valence-electron chi connectivity index (χ2n) is 6.55. The van der Waals surface area contributed by atoms with Crippen molar-refractivity contribution in [2.45, 2.75) is 32.6 Å². The monoisotopic (exact) mass is 490 g/mol. The standard InChI is InChI=1S/C19H30N4OS.HI/c1-5-21-19(23-9-10-25-17(13-23)14(2)3)22-12-15-7-6-8-16(11-15)18(24)20-4;/h6-8,11,14,17H,5,9-10,12-13H2,1-4H3,(H,20,24)(H,21,22);1H. The average Bonchev–Trinajstić information content (AvgIpc) is 2.64. The fourth-order valence-electron chi connectivity index (χ4n) is 2.82. The fourth-order valence-corrected chi connectivity index (χ4v) is 4.12. The molecule has 1 aromatic rings. The van der Waals surface area contributed by atoms with Gasteiger partial charge in [-0.2, -0.15) is 11.8 Å². The van der Waals surface area contributed by atoms with Gasteiger partial charge in [-0.05, 0) is 30.5 Å². The highest BCUT2D eigenvalue weighted by Gasteiger charge is 2.24. The lowest BCUT2D eigenvalue weighted by molar-refractivity contribution is 0.0963. The van der Waals surface area contributed by atoms with Crippen LogP contribution in [0.5, 0.6) is 0 Å². The third kappa shape index (κ3) is 6.64. The van der Waals surface area contributed by atoms with Gasteiger partial charge in [0.25, 0.3) is 5.91 Å². The fraction of sp³-hybridized carbons (Fsp3) is 0.579. The Kier molecular flexibility index (Phi) is 10.4. The summed E-state index contributed by atoms with van der Waals surface area (Å²) in [5.41, 5.74) is 1.72. The summed E-state index contributed by atoms with van der Waals surface area (Å²) in [5, 5.41) is 6.73. The zero-order valence-corrected chi connectivity index (χ0v) is 19.3. The first-order valence-electron chi connectivity index (χ1n) is 9.01. The van der Waals surface area contributed by atoms with Crippen LogP contribution in [-0.4, -0.2) is 54.5 Å². The molecule has 146 valence electrons. The minimum atomic E-state index is -0.0643. The van der Waals surface area contributed by atoms with Gasteiger partial charge in [0.2, 0.25) is 0 Å². The van der Waals surface area contributed by atoms with Crippen LogP contribution in [0.15, 0.2) is 29.3 Å². The minimum Gasteiger partial charge on any atom is -0.357 e. The van der Waals surface area contributed by atoms with Crippen molar-refractivity contribution in [1.82, 2.24) is 15.5 Å². The summed E-state index contributed by atoms with van der Waals surface area (Å²) in [6.45, 7) is 10.2. The van der Waals surface area contributed by atoms with Gasteiger partial charge in [0, 0.05) is 43.2 Å². The van der Waals surface area contributed by atoms with E-state index in [1.54, 1.807) is 7.05 Å². The van der Waals surface area contributed by atoms with E-state index in [2.05, 4.69) is 48.1 Å². The van der Waals surface area contributed by atoms with Crippen molar-refractivity contribution in [2.75, 3.05) is 32.4 Å². The number of nitrogens with zero attached hydrogens (tertiary/aromatic N) is 2. The summed E-state index contributed by atoms with van der Waals surface area (Å²) >= 11 is 2.06. The molecule has 1 heterocycles. The van der Waals surface area contributed by atoms with Gasteiger partial charge in [-0.3, -0.25) is 4.79 Å². The molecule has 2 rings (SSSR count). The summed E-state index contributed by atoms with van der Waals surface area (Å²) in [5.74, 6) is 2.71. The van der Waals surface area contributed by atoms with Gasteiger partial charge < -0.3 is 15.5 Å². The molecule has 26 heavy (non-hydrogen) atoms. The predicted octanol–water partition coefficient (Wildman–Crippen LogP) is 3.20. The van der Waals surface area contributed by atoms with Crippen LogP contribution in [0.3, 0.4) is 0 Å². The number of carbonyl (C=O) groups is 1. The molecule has 0 radical (unpaired) electrons. The van der Waals surface area contributed by atoms with Crippen LogP contribution >= 0.6 is 35.7 Å². The molecule has 1 amide bonds. The zero-order chi connectivity index (χ0) is 18.2. The number of thioether (sulfide) groups is 1. The van der Waals surface area contributed by atoms with Crippen LogP contribution in [0, 0.1) is 5.92 Å². The largest absolute Gasteiger partial charge is 0.357 e. The predicted molar refractivity (Wildman–Crippen MR) is 123 cm³/mol. The van der Waals surface area contributed by atoms with Crippen LogP contribution in [0.25, 0.3) is 0 Å². The quantitative estimate of drug-likeness (QED) is 0.378. The van der Waals surface area contributed by atoms with Crippen LogP contribution in [-0.2, 0) is 6.54 Å². The Balaban J connectivity index is 0.00000338. The van der Waals surface area contributed by atoms with Crippen molar-refractivity contribution >= 4 is 47.6 Å². The number of nitrogens with one attached hydrogen (secondary N) is 2. The first kappa shape index (κ1) is 23.1. The van der Waals surface area contributed by atoms with E-state index in [0.717, 1.165) is 36.9 Å². The number of amides is 1. The lowest BCUT2D eigenvalue weighted by Gasteiger charge is -2.36. The number of carbonyl (C=O) groups excluding carboxylic acids is 1. The molecule has 1 aliphatic heterocycles. The number of hydrogen-bond donors (Lipinski definition) is 2. The second kappa shape index (κ2) is 11.7. The molecule has 2 N–H and O–H groups in total. The minimum absolute atomic E-state index is 0. The highest BCUT2D eigenvalue weighted by Crippen LogP contribution is 2.25. The maximum Gasteiger partial charge on any atom is 0.251 e. The number of benzene rings is 1. The zero-order valence-electron chi connectivity index (χ0n) is 16.1. The molecular weight excluding hydrogens is 459 g/mol. The van der Waals surface area contributed by atoms with Crippen molar-refractivity contribution in [3.8, 4) is 0 Å². The molecule has 1 saturated heterocycles. The summed E-state index contributed by atoms with van der Waals surface area (Å²) in [7, 11) is 1.65. The first-order valence-corrected chi connectivity index (χ1v) is 10.1. The molecule has 1 aliphatic rings. The maximum absolute atomic E-state index is 11.8. The number of halogens is 1. The summed E-state index contributed by atoms with van der Waals surface area (Å²) in [6.07, 6.45) is 0. The van der Waals surface area contributed by atoms with Crippen LogP contribution in [0.4, 0.5) is 0 Å². The molecule has 0 aliphatic carbocycles. The summed E-state index contributed by atoms with van der Waals surface area (Å²) in [6, 6.07) is 7.67. The Bertz CT molecular complexity index is 609. The van der Waals surface area contributed by atoms with Crippen molar-refractivity contribution in [3.63, 3.8) is 0 Å². The van der Waals surface area contributed by atoms with Gasteiger partial charge in [-0.25, -0.2) is 4.99 Å². The van der Waals surface area contributed by atoms with Gasteiger partial charge in [0.1, 0.15) is 0 Å². The number of rotatable bonds is 5. The number of hydrogen-bond acceptors (Lipinski definition) is 3. The molecule has 0 aromatic heterocycles. The van der Waals surface area contributed by atoms with E-state index < -0.39 is 0 Å². The molecule has 7 heteroatoms. The van der Waals surface area contributed by atoms with E-state index in [1.165, 1.54) is 0 Å². The lowest BCUT2D eigenvalue weighted by atomic mass is 10.1. The van der Waals surface area contributed by atoms with E-state index in [-0.39, 0.29) is 29.9 Å². The van der Waals surface area contributed by atoms with Crippen molar-refractivity contribution in [1.29, 1.82) is 0 Å². The van der Waals surface area contributed by atoms with Crippen LogP contribution < -0.4 is 10.6 Å². The Morgan fingerprint density at radius 1 is 1.42 bits per heavy atom. The van der Waals surface area contributed by atoms with Gasteiger partial charge in [0.05, 0.1) is 6.54 Å². The molecule has 1 fully saturated rings. The van der Waals surface area contributed by atoms with E-state index in [0.29, 0.717) is 23.3 Å². The van der Waals surface area contributed by atoms with Gasteiger partial charge >= 0.3 is 0 Å². The third-order valence-corrected chi connectivity index (χ3v) is 5.84. The SMILES string of the molecule is CCNC(=NCc1cccc(C(=O)NC)c1)N1CCSC(C(C)C)C1.I. The maximum atomic E-state index is 11.8. The van der Waals surface area contributed by atoms with Crippen molar-refractivity contribution < 1.29 is 4.79 Å². The van der Waals surface area contributed by atoms with Crippen molar-refractivity contribution in [3.05, 3.63) is 35.4 Å². The second-order valence-corrected chi connectivity index (χ2v) is 7.90. The smallest absolute Gasteiger partial charge is 0.251 e. The Morgan fingerprint density at radius 3 is 2.85 bits per heavy atom. The number of guanidine groups is 1. The molecule has 0 bridgehead atoms. The molecular formula is C19H31IN4OS. The molecule has 1 atom stereocenters. The Labute approximate surface area is 178 Å². The van der Waals surface area contributed by atoms with E-state index in [9.17, 15) is 4.79 Å².